The van der Waals surface area contributed by atoms with Crippen LogP contribution < -0.4 is 14.5 Å². The van der Waals surface area contributed by atoms with Gasteiger partial charge in [0.1, 0.15) is 17.3 Å². The first-order chi connectivity index (χ1) is 19.4. The van der Waals surface area contributed by atoms with Crippen molar-refractivity contribution in [3.8, 4) is 28.6 Å². The van der Waals surface area contributed by atoms with Crippen LogP contribution in [0.3, 0.4) is 0 Å². The van der Waals surface area contributed by atoms with Crippen molar-refractivity contribution in [3.63, 3.8) is 0 Å². The van der Waals surface area contributed by atoms with Crippen molar-refractivity contribution in [1.29, 1.82) is 0 Å². The van der Waals surface area contributed by atoms with Gasteiger partial charge in [-0.1, -0.05) is 64.1 Å². The smallest absolute Gasteiger partial charge is 0.158 e. The van der Waals surface area contributed by atoms with Crippen LogP contribution in [0.1, 0.15) is 50.7 Å². The number of imidazole rings is 1. The van der Waals surface area contributed by atoms with Gasteiger partial charge in [0.05, 0.1) is 18.0 Å². The number of benzene rings is 3. The minimum absolute atomic E-state index is 0.392. The summed E-state index contributed by atoms with van der Waals surface area (Å²) in [6, 6.07) is 27.1. The van der Waals surface area contributed by atoms with Crippen LogP contribution in [0.15, 0.2) is 97.5 Å². The Hall–Kier alpha value is -4.58. The van der Waals surface area contributed by atoms with E-state index in [1.807, 2.05) is 42.7 Å². The molecule has 2 aromatic heterocycles. The molecule has 5 aromatic rings. The number of hydrogen-bond acceptors (Lipinski definition) is 5. The fourth-order valence-corrected chi connectivity index (χ4v) is 5.49. The van der Waals surface area contributed by atoms with Crippen molar-refractivity contribution in [2.24, 2.45) is 0 Å². The van der Waals surface area contributed by atoms with Gasteiger partial charge in [-0.25, -0.2) is 9.97 Å². The minimum Gasteiger partial charge on any atom is -0.457 e. The number of rotatable bonds is 7. The molecule has 1 aliphatic rings. The number of ether oxygens (including phenoxy) is 1. The van der Waals surface area contributed by atoms with E-state index in [1.165, 1.54) is 16.8 Å². The molecule has 3 aromatic carbocycles. The van der Waals surface area contributed by atoms with E-state index in [4.69, 9.17) is 9.72 Å². The van der Waals surface area contributed by atoms with E-state index in [-0.39, 0.29) is 0 Å². The van der Waals surface area contributed by atoms with E-state index in [2.05, 4.69) is 109 Å². The highest BCUT2D eigenvalue weighted by atomic mass is 16.5. The van der Waals surface area contributed by atoms with Crippen LogP contribution in [0.2, 0.25) is 0 Å². The number of pyridine rings is 1. The predicted molar refractivity (Wildman–Crippen MR) is 163 cm³/mol. The number of anilines is 3. The van der Waals surface area contributed by atoms with Gasteiger partial charge in [0, 0.05) is 43.0 Å². The molecule has 0 unspecified atom stereocenters. The molecule has 0 saturated heterocycles. The Kier molecular flexibility index (Phi) is 6.76. The summed E-state index contributed by atoms with van der Waals surface area (Å²) in [6.45, 7) is 9.73. The molecule has 3 heterocycles. The summed E-state index contributed by atoms with van der Waals surface area (Å²) in [6.07, 6.45) is 5.79. The summed E-state index contributed by atoms with van der Waals surface area (Å²) in [5.74, 6) is 4.18. The lowest BCUT2D eigenvalue weighted by Gasteiger charge is -2.22. The minimum atomic E-state index is 0.392. The Morgan fingerprint density at radius 3 is 2.20 bits per heavy atom. The SMILES string of the molecule is CC(C)c1cccc(C(C)C)c1-n1ccnc1-c1cccc(Oc2cccc(N3CN(C)c4cccnc43)c2)c1. The van der Waals surface area contributed by atoms with E-state index < -0.39 is 0 Å². The van der Waals surface area contributed by atoms with Gasteiger partial charge < -0.3 is 14.5 Å². The highest BCUT2D eigenvalue weighted by Gasteiger charge is 2.25. The van der Waals surface area contributed by atoms with Crippen LogP contribution in [0.25, 0.3) is 17.1 Å². The van der Waals surface area contributed by atoms with E-state index in [0.29, 0.717) is 11.8 Å². The number of nitrogens with zero attached hydrogens (tertiary/aromatic N) is 5. The molecule has 0 fully saturated rings. The van der Waals surface area contributed by atoms with Gasteiger partial charge in [0.25, 0.3) is 0 Å². The second-order valence-electron chi connectivity index (χ2n) is 11.0. The molecule has 0 atom stereocenters. The molecule has 0 bridgehead atoms. The van der Waals surface area contributed by atoms with Crippen molar-refractivity contribution in [1.82, 2.24) is 14.5 Å². The van der Waals surface area contributed by atoms with Crippen LogP contribution in [-0.2, 0) is 0 Å². The van der Waals surface area contributed by atoms with Gasteiger partial charge in [0.2, 0.25) is 0 Å². The Morgan fingerprint density at radius 1 is 0.750 bits per heavy atom. The second kappa shape index (κ2) is 10.5. The highest BCUT2D eigenvalue weighted by Crippen LogP contribution is 2.39. The summed E-state index contributed by atoms with van der Waals surface area (Å²) in [5.41, 5.74) is 7.03. The zero-order valence-electron chi connectivity index (χ0n) is 23.7. The molecule has 0 amide bonds. The quantitative estimate of drug-likeness (QED) is 0.211. The van der Waals surface area contributed by atoms with E-state index in [9.17, 15) is 0 Å². The van der Waals surface area contributed by atoms with Crippen LogP contribution in [-0.4, -0.2) is 28.3 Å². The van der Waals surface area contributed by atoms with Crippen molar-refractivity contribution in [2.45, 2.75) is 39.5 Å². The van der Waals surface area contributed by atoms with E-state index in [1.54, 1.807) is 0 Å². The third kappa shape index (κ3) is 4.70. The molecule has 0 N–H and O–H groups in total. The summed E-state index contributed by atoms with van der Waals surface area (Å²) in [7, 11) is 2.08. The third-order valence-electron chi connectivity index (χ3n) is 7.47. The third-order valence-corrected chi connectivity index (χ3v) is 7.47. The van der Waals surface area contributed by atoms with Gasteiger partial charge in [-0.3, -0.25) is 4.57 Å². The normalized spacial score (nSPS) is 12.9. The molecule has 0 aliphatic carbocycles. The molecular formula is C34H35N5O. The standard InChI is InChI=1S/C34H35N5O/c1-23(2)29-14-8-15-30(24(3)4)32(29)38-19-18-36-33(38)25-10-6-12-27(20-25)40-28-13-7-11-26(21-28)39-22-37(5)31-16-9-17-35-34(31)39/h6-21,23-24H,22H2,1-5H3. The number of aromatic nitrogens is 3. The zero-order chi connectivity index (χ0) is 27.8. The van der Waals surface area contributed by atoms with Crippen molar-refractivity contribution < 1.29 is 4.74 Å². The molecule has 6 heteroatoms. The Morgan fingerprint density at radius 2 is 1.45 bits per heavy atom. The van der Waals surface area contributed by atoms with Crippen molar-refractivity contribution in [2.75, 3.05) is 23.5 Å². The maximum atomic E-state index is 6.40. The monoisotopic (exact) mass is 529 g/mol. The van der Waals surface area contributed by atoms with Crippen LogP contribution in [0.4, 0.5) is 17.2 Å². The molecule has 6 rings (SSSR count). The van der Waals surface area contributed by atoms with Gasteiger partial charge in [-0.2, -0.15) is 0 Å². The molecule has 0 saturated carbocycles. The summed E-state index contributed by atoms with van der Waals surface area (Å²) < 4.78 is 8.64. The first-order valence-electron chi connectivity index (χ1n) is 13.9. The maximum Gasteiger partial charge on any atom is 0.158 e. The molecule has 6 nitrogen and oxygen atoms in total. The number of para-hydroxylation sites is 1. The summed E-state index contributed by atoms with van der Waals surface area (Å²) in [4.78, 5) is 13.8. The van der Waals surface area contributed by atoms with Crippen LogP contribution in [0, 0.1) is 0 Å². The fraction of sp³-hybridized carbons (Fsp3) is 0.235. The fourth-order valence-electron chi connectivity index (χ4n) is 5.49. The second-order valence-corrected chi connectivity index (χ2v) is 11.0. The number of fused-ring (bicyclic) bond motifs is 1. The first kappa shape index (κ1) is 25.7. The largest absolute Gasteiger partial charge is 0.457 e. The van der Waals surface area contributed by atoms with Crippen molar-refractivity contribution >= 4 is 17.2 Å². The average Bonchev–Trinajstić information content (AvgIpc) is 3.58. The summed E-state index contributed by atoms with van der Waals surface area (Å²) in [5, 5.41) is 0. The van der Waals surface area contributed by atoms with Gasteiger partial charge in [-0.05, 0) is 59.4 Å². The lowest BCUT2D eigenvalue weighted by molar-refractivity contribution is 0.483. The topological polar surface area (TPSA) is 46.4 Å². The molecule has 0 radical (unpaired) electrons. The lowest BCUT2D eigenvalue weighted by Crippen LogP contribution is -2.24. The molecule has 40 heavy (non-hydrogen) atoms. The lowest BCUT2D eigenvalue weighted by atomic mass is 9.92. The highest BCUT2D eigenvalue weighted by molar-refractivity contribution is 5.79. The number of hydrogen-bond donors (Lipinski definition) is 0. The zero-order valence-corrected chi connectivity index (χ0v) is 23.7. The van der Waals surface area contributed by atoms with Crippen LogP contribution in [0.5, 0.6) is 11.5 Å². The molecule has 1 aliphatic heterocycles. The van der Waals surface area contributed by atoms with Crippen LogP contribution >= 0.6 is 0 Å². The van der Waals surface area contributed by atoms with Gasteiger partial charge >= 0.3 is 0 Å². The molecule has 202 valence electrons. The Balaban J connectivity index is 1.32. The van der Waals surface area contributed by atoms with E-state index in [0.717, 1.165) is 46.7 Å². The van der Waals surface area contributed by atoms with Gasteiger partial charge in [0.15, 0.2) is 5.82 Å². The van der Waals surface area contributed by atoms with Gasteiger partial charge in [-0.15, -0.1) is 0 Å². The van der Waals surface area contributed by atoms with Crippen molar-refractivity contribution in [3.05, 3.63) is 109 Å². The maximum absolute atomic E-state index is 6.40. The average molecular weight is 530 g/mol. The molecule has 0 spiro atoms. The first-order valence-corrected chi connectivity index (χ1v) is 13.9. The van der Waals surface area contributed by atoms with E-state index >= 15 is 0 Å². The Bertz CT molecular complexity index is 1630. The predicted octanol–water partition coefficient (Wildman–Crippen LogP) is 8.52. The Labute approximate surface area is 236 Å². The molecular weight excluding hydrogens is 494 g/mol. The summed E-state index contributed by atoms with van der Waals surface area (Å²) >= 11 is 0.